The van der Waals surface area contributed by atoms with Crippen LogP contribution in [0.5, 0.6) is 0 Å². The van der Waals surface area contributed by atoms with Crippen molar-refractivity contribution in [3.8, 4) is 0 Å². The third-order valence-corrected chi connectivity index (χ3v) is 3.62. The molecule has 2 unspecified atom stereocenters. The van der Waals surface area contributed by atoms with Crippen LogP contribution in [0.2, 0.25) is 0 Å². The number of carbonyl (C=O) groups is 1. The van der Waals surface area contributed by atoms with Gasteiger partial charge in [0.15, 0.2) is 0 Å². The quantitative estimate of drug-likeness (QED) is 0.593. The fourth-order valence-electron chi connectivity index (χ4n) is 1.65. The number of carbonyl (C=O) groups excluding carboxylic acids is 1. The molecule has 0 radical (unpaired) electrons. The maximum atomic E-state index is 10.8. The number of nitrogens with one attached hydrogen (secondary N) is 1. The lowest BCUT2D eigenvalue weighted by atomic mass is 9.99. The second-order valence-electron chi connectivity index (χ2n) is 3.31. The van der Waals surface area contributed by atoms with Crippen LogP contribution < -0.4 is 5.32 Å². The van der Waals surface area contributed by atoms with Gasteiger partial charge in [-0.05, 0) is 6.42 Å². The zero-order valence-corrected chi connectivity index (χ0v) is 7.24. The number of hydrogen-bond acceptors (Lipinski definition) is 3. The van der Waals surface area contributed by atoms with Gasteiger partial charge in [-0.25, -0.2) is 4.79 Å². The minimum atomic E-state index is -0.250. The number of thioether (sulfide) groups is 1. The number of ether oxygens (including phenoxy) is 1. The standard InChI is InChI=1S/C7H11NO2S/c1-5-2-7(4-11-5)3-10-6(9)8-7/h5H,2-4H2,1H3,(H,8,9). The Morgan fingerprint density at radius 3 is 3.09 bits per heavy atom. The molecule has 3 nitrogen and oxygen atoms in total. The molecule has 0 saturated carbocycles. The molecule has 0 bridgehead atoms. The van der Waals surface area contributed by atoms with Gasteiger partial charge in [0.1, 0.15) is 6.61 Å². The van der Waals surface area contributed by atoms with Crippen molar-refractivity contribution in [1.29, 1.82) is 0 Å². The molecule has 0 aromatic rings. The highest BCUT2D eigenvalue weighted by molar-refractivity contribution is 8.00. The molecule has 0 aromatic heterocycles. The summed E-state index contributed by atoms with van der Waals surface area (Å²) in [7, 11) is 0. The van der Waals surface area contributed by atoms with Crippen molar-refractivity contribution in [1.82, 2.24) is 5.32 Å². The first-order valence-corrected chi connectivity index (χ1v) is 4.82. The minimum Gasteiger partial charge on any atom is -0.447 e. The Hall–Kier alpha value is -0.380. The molecule has 1 spiro atoms. The Balaban J connectivity index is 2.07. The van der Waals surface area contributed by atoms with Crippen LogP contribution in [0.25, 0.3) is 0 Å². The molecule has 0 aromatic carbocycles. The molecule has 0 aliphatic carbocycles. The van der Waals surface area contributed by atoms with E-state index in [2.05, 4.69) is 12.2 Å². The SMILES string of the molecule is CC1CC2(COC(=O)N2)CS1. The van der Waals surface area contributed by atoms with Gasteiger partial charge in [0.25, 0.3) is 0 Å². The summed E-state index contributed by atoms with van der Waals surface area (Å²) in [6, 6.07) is 0. The zero-order valence-electron chi connectivity index (χ0n) is 6.42. The minimum absolute atomic E-state index is 0.0266. The summed E-state index contributed by atoms with van der Waals surface area (Å²) < 4.78 is 4.88. The number of cyclic esters (lactones) is 1. The monoisotopic (exact) mass is 173 g/mol. The van der Waals surface area contributed by atoms with E-state index in [1.807, 2.05) is 11.8 Å². The van der Waals surface area contributed by atoms with E-state index in [1.165, 1.54) is 0 Å². The van der Waals surface area contributed by atoms with Crippen LogP contribution in [0.3, 0.4) is 0 Å². The highest BCUT2D eigenvalue weighted by Crippen LogP contribution is 2.36. The Morgan fingerprint density at radius 2 is 2.64 bits per heavy atom. The van der Waals surface area contributed by atoms with Gasteiger partial charge in [-0.1, -0.05) is 6.92 Å². The van der Waals surface area contributed by atoms with E-state index in [1.54, 1.807) is 0 Å². The molecule has 62 valence electrons. The fraction of sp³-hybridized carbons (Fsp3) is 0.857. The molecule has 2 aliphatic rings. The van der Waals surface area contributed by atoms with Crippen LogP contribution in [0.1, 0.15) is 13.3 Å². The molecule has 2 atom stereocenters. The number of alkyl carbamates (subject to hydrolysis) is 1. The van der Waals surface area contributed by atoms with Gasteiger partial charge in [0.2, 0.25) is 0 Å². The van der Waals surface area contributed by atoms with Gasteiger partial charge in [0.05, 0.1) is 5.54 Å². The summed E-state index contributed by atoms with van der Waals surface area (Å²) in [5.74, 6) is 1.000. The van der Waals surface area contributed by atoms with Crippen LogP contribution >= 0.6 is 11.8 Å². The van der Waals surface area contributed by atoms with Gasteiger partial charge < -0.3 is 10.1 Å². The Labute approximate surface area is 69.9 Å². The van der Waals surface area contributed by atoms with E-state index < -0.39 is 0 Å². The van der Waals surface area contributed by atoms with E-state index in [9.17, 15) is 4.79 Å². The van der Waals surface area contributed by atoms with Gasteiger partial charge in [-0.15, -0.1) is 0 Å². The van der Waals surface area contributed by atoms with E-state index in [0.717, 1.165) is 12.2 Å². The Kier molecular flexibility index (Phi) is 1.52. The predicted octanol–water partition coefficient (Wildman–Crippen LogP) is 0.990. The Morgan fingerprint density at radius 1 is 1.82 bits per heavy atom. The molecule has 11 heavy (non-hydrogen) atoms. The van der Waals surface area contributed by atoms with Crippen molar-refractivity contribution in [2.75, 3.05) is 12.4 Å². The molecular weight excluding hydrogens is 162 g/mol. The maximum Gasteiger partial charge on any atom is 0.407 e. The summed E-state index contributed by atoms with van der Waals surface area (Å²) in [5, 5.41) is 3.53. The second kappa shape index (κ2) is 2.30. The van der Waals surface area contributed by atoms with Crippen LogP contribution in [-0.2, 0) is 4.74 Å². The summed E-state index contributed by atoms with van der Waals surface area (Å²) in [6.07, 6.45) is 0.795. The topological polar surface area (TPSA) is 38.3 Å². The third kappa shape index (κ3) is 1.20. The molecule has 1 amide bonds. The van der Waals surface area contributed by atoms with Crippen LogP contribution in [0.15, 0.2) is 0 Å². The molecule has 2 heterocycles. The van der Waals surface area contributed by atoms with Gasteiger partial charge in [-0.3, -0.25) is 0 Å². The van der Waals surface area contributed by atoms with Gasteiger partial charge in [0, 0.05) is 11.0 Å². The van der Waals surface area contributed by atoms with Crippen molar-refractivity contribution < 1.29 is 9.53 Å². The fourth-order valence-corrected chi connectivity index (χ4v) is 2.96. The average molecular weight is 173 g/mol. The maximum absolute atomic E-state index is 10.8. The molecule has 2 saturated heterocycles. The summed E-state index contributed by atoms with van der Waals surface area (Å²) >= 11 is 1.90. The van der Waals surface area contributed by atoms with E-state index >= 15 is 0 Å². The number of rotatable bonds is 0. The van der Waals surface area contributed by atoms with Crippen molar-refractivity contribution in [2.24, 2.45) is 0 Å². The lowest BCUT2D eigenvalue weighted by Crippen LogP contribution is -2.43. The van der Waals surface area contributed by atoms with Crippen LogP contribution in [0, 0.1) is 0 Å². The average Bonchev–Trinajstić information content (AvgIpc) is 2.44. The van der Waals surface area contributed by atoms with E-state index in [4.69, 9.17) is 4.74 Å². The van der Waals surface area contributed by atoms with Crippen molar-refractivity contribution in [2.45, 2.75) is 24.1 Å². The summed E-state index contributed by atoms with van der Waals surface area (Å²) in [5.41, 5.74) is -0.0266. The van der Waals surface area contributed by atoms with E-state index in [-0.39, 0.29) is 11.6 Å². The van der Waals surface area contributed by atoms with Crippen molar-refractivity contribution in [3.05, 3.63) is 0 Å². The zero-order chi connectivity index (χ0) is 7.90. The molecule has 4 heteroatoms. The first-order chi connectivity index (χ1) is 5.20. The predicted molar refractivity (Wildman–Crippen MR) is 43.8 cm³/mol. The van der Waals surface area contributed by atoms with Crippen LogP contribution in [-0.4, -0.2) is 29.2 Å². The normalized spacial score (nSPS) is 42.6. The highest BCUT2D eigenvalue weighted by Gasteiger charge is 2.44. The molecule has 2 fully saturated rings. The third-order valence-electron chi connectivity index (χ3n) is 2.17. The smallest absolute Gasteiger partial charge is 0.407 e. The molecule has 1 N–H and O–H groups in total. The van der Waals surface area contributed by atoms with Crippen molar-refractivity contribution >= 4 is 17.9 Å². The van der Waals surface area contributed by atoms with E-state index in [0.29, 0.717) is 11.9 Å². The largest absolute Gasteiger partial charge is 0.447 e. The first-order valence-electron chi connectivity index (χ1n) is 3.77. The summed E-state index contributed by atoms with van der Waals surface area (Å²) in [6.45, 7) is 2.74. The Bertz CT molecular complexity index is 197. The highest BCUT2D eigenvalue weighted by atomic mass is 32.2. The molecular formula is C7H11NO2S. The van der Waals surface area contributed by atoms with Crippen LogP contribution in [0.4, 0.5) is 4.79 Å². The molecule has 2 aliphatic heterocycles. The molecule has 2 rings (SSSR count). The number of hydrogen-bond donors (Lipinski definition) is 1. The second-order valence-corrected chi connectivity index (χ2v) is 4.73. The lowest BCUT2D eigenvalue weighted by molar-refractivity contribution is 0.173. The van der Waals surface area contributed by atoms with Gasteiger partial charge in [-0.2, -0.15) is 11.8 Å². The number of amides is 1. The lowest BCUT2D eigenvalue weighted by Gasteiger charge is -2.17. The van der Waals surface area contributed by atoms with Crippen molar-refractivity contribution in [3.63, 3.8) is 0 Å². The first kappa shape index (κ1) is 7.28. The van der Waals surface area contributed by atoms with Gasteiger partial charge >= 0.3 is 6.09 Å². The summed E-state index contributed by atoms with van der Waals surface area (Å²) in [4.78, 5) is 10.8.